The number of amides is 2. The molecule has 1 aromatic heterocycles. The number of hydrogen-bond donors (Lipinski definition) is 2. The van der Waals surface area contributed by atoms with E-state index in [1.54, 1.807) is 6.20 Å². The third-order valence-corrected chi connectivity index (χ3v) is 2.80. The lowest BCUT2D eigenvalue weighted by Crippen LogP contribution is -2.42. The first-order valence-electron chi connectivity index (χ1n) is 6.15. The monoisotopic (exact) mass is 235 g/mol. The van der Waals surface area contributed by atoms with Crippen LogP contribution < -0.4 is 10.6 Å². The van der Waals surface area contributed by atoms with Gasteiger partial charge >= 0.3 is 6.03 Å². The van der Waals surface area contributed by atoms with E-state index in [2.05, 4.69) is 29.5 Å². The van der Waals surface area contributed by atoms with Crippen molar-refractivity contribution in [2.75, 3.05) is 0 Å². The largest absolute Gasteiger partial charge is 0.335 e. The minimum Gasteiger partial charge on any atom is -0.335 e. The Kier molecular flexibility index (Phi) is 5.46. The highest BCUT2D eigenvalue weighted by molar-refractivity contribution is 5.74. The van der Waals surface area contributed by atoms with Gasteiger partial charge in [0.1, 0.15) is 0 Å². The molecule has 0 saturated carbocycles. The van der Waals surface area contributed by atoms with Crippen molar-refractivity contribution in [1.82, 2.24) is 15.6 Å². The predicted molar refractivity (Wildman–Crippen MR) is 68.7 cm³/mol. The summed E-state index contributed by atoms with van der Waals surface area (Å²) < 4.78 is 0. The molecule has 1 heterocycles. The molecule has 1 aromatic rings. The van der Waals surface area contributed by atoms with Crippen LogP contribution >= 0.6 is 0 Å². The lowest BCUT2D eigenvalue weighted by atomic mass is 10.2. The van der Waals surface area contributed by atoms with E-state index in [0.717, 1.165) is 18.5 Å². The van der Waals surface area contributed by atoms with Crippen LogP contribution in [0.5, 0.6) is 0 Å². The summed E-state index contributed by atoms with van der Waals surface area (Å²) >= 11 is 0. The molecule has 94 valence electrons. The molecule has 0 saturated heterocycles. The standard InChI is InChI=1S/C13H21N3O/c1-4-11(5-2)16-13(17)15-10(3)12-8-6-7-9-14-12/h6-11H,4-5H2,1-3H3,(H2,15,16,17)/t10-/m1/s1. The van der Waals surface area contributed by atoms with E-state index >= 15 is 0 Å². The molecule has 1 rings (SSSR count). The predicted octanol–water partition coefficient (Wildman–Crippen LogP) is 2.63. The number of pyridine rings is 1. The molecule has 0 bridgehead atoms. The van der Waals surface area contributed by atoms with E-state index in [-0.39, 0.29) is 18.1 Å². The van der Waals surface area contributed by atoms with E-state index in [1.165, 1.54) is 0 Å². The first kappa shape index (κ1) is 13.5. The Labute approximate surface area is 103 Å². The van der Waals surface area contributed by atoms with Crippen molar-refractivity contribution in [2.45, 2.75) is 45.7 Å². The van der Waals surface area contributed by atoms with Gasteiger partial charge in [0.25, 0.3) is 0 Å². The Morgan fingerprint density at radius 1 is 1.29 bits per heavy atom. The minimum atomic E-state index is -0.128. The molecule has 4 heteroatoms. The maximum atomic E-state index is 11.7. The molecule has 4 nitrogen and oxygen atoms in total. The number of nitrogens with one attached hydrogen (secondary N) is 2. The van der Waals surface area contributed by atoms with Crippen LogP contribution in [0.2, 0.25) is 0 Å². The van der Waals surface area contributed by atoms with Crippen molar-refractivity contribution >= 4 is 6.03 Å². The summed E-state index contributed by atoms with van der Waals surface area (Å²) in [6.07, 6.45) is 3.62. The zero-order chi connectivity index (χ0) is 12.7. The molecule has 0 fully saturated rings. The number of rotatable bonds is 5. The van der Waals surface area contributed by atoms with Gasteiger partial charge < -0.3 is 10.6 Å². The van der Waals surface area contributed by atoms with Crippen LogP contribution in [-0.4, -0.2) is 17.1 Å². The second kappa shape index (κ2) is 6.89. The fraction of sp³-hybridized carbons (Fsp3) is 0.538. The molecular weight excluding hydrogens is 214 g/mol. The van der Waals surface area contributed by atoms with Gasteiger partial charge in [-0.1, -0.05) is 19.9 Å². The number of carbonyl (C=O) groups is 1. The Bertz CT molecular complexity index is 336. The minimum absolute atomic E-state index is 0.0782. The van der Waals surface area contributed by atoms with Crippen molar-refractivity contribution < 1.29 is 4.79 Å². The van der Waals surface area contributed by atoms with Gasteiger partial charge in [-0.3, -0.25) is 4.98 Å². The van der Waals surface area contributed by atoms with Crippen LogP contribution in [0.25, 0.3) is 0 Å². The Hall–Kier alpha value is -1.58. The molecule has 0 aromatic carbocycles. The highest BCUT2D eigenvalue weighted by Gasteiger charge is 2.12. The van der Waals surface area contributed by atoms with Gasteiger partial charge in [0, 0.05) is 12.2 Å². The average molecular weight is 235 g/mol. The van der Waals surface area contributed by atoms with E-state index in [4.69, 9.17) is 0 Å². The van der Waals surface area contributed by atoms with Crippen molar-refractivity contribution in [3.8, 4) is 0 Å². The zero-order valence-electron chi connectivity index (χ0n) is 10.7. The molecule has 1 atom stereocenters. The van der Waals surface area contributed by atoms with Gasteiger partial charge in [-0.25, -0.2) is 4.79 Å². The first-order chi connectivity index (χ1) is 8.17. The molecular formula is C13H21N3O. The molecule has 0 unspecified atom stereocenters. The Morgan fingerprint density at radius 2 is 2.00 bits per heavy atom. The number of hydrogen-bond acceptors (Lipinski definition) is 2. The van der Waals surface area contributed by atoms with Gasteiger partial charge in [0.2, 0.25) is 0 Å². The summed E-state index contributed by atoms with van der Waals surface area (Å²) in [7, 11) is 0. The SMILES string of the molecule is CCC(CC)NC(=O)N[C@H](C)c1ccccn1. The fourth-order valence-corrected chi connectivity index (χ4v) is 1.62. The van der Waals surface area contributed by atoms with E-state index < -0.39 is 0 Å². The number of carbonyl (C=O) groups excluding carboxylic acids is 1. The number of urea groups is 1. The molecule has 2 amide bonds. The molecule has 0 aliphatic heterocycles. The van der Waals surface area contributed by atoms with Crippen LogP contribution in [0.15, 0.2) is 24.4 Å². The number of aromatic nitrogens is 1. The molecule has 0 aliphatic rings. The highest BCUT2D eigenvalue weighted by atomic mass is 16.2. The maximum absolute atomic E-state index is 11.7. The second-order valence-corrected chi connectivity index (χ2v) is 4.11. The molecule has 0 aliphatic carbocycles. The van der Waals surface area contributed by atoms with E-state index in [9.17, 15) is 4.79 Å². The lowest BCUT2D eigenvalue weighted by Gasteiger charge is -2.18. The molecule has 0 spiro atoms. The average Bonchev–Trinajstić information content (AvgIpc) is 2.37. The van der Waals surface area contributed by atoms with Crippen LogP contribution in [0.4, 0.5) is 4.79 Å². The van der Waals surface area contributed by atoms with Crippen molar-refractivity contribution in [3.63, 3.8) is 0 Å². The summed E-state index contributed by atoms with van der Waals surface area (Å²) in [5.74, 6) is 0. The highest BCUT2D eigenvalue weighted by Crippen LogP contribution is 2.07. The summed E-state index contributed by atoms with van der Waals surface area (Å²) in [5, 5.41) is 5.82. The van der Waals surface area contributed by atoms with E-state index in [1.807, 2.05) is 25.1 Å². The third-order valence-electron chi connectivity index (χ3n) is 2.80. The van der Waals surface area contributed by atoms with Crippen molar-refractivity contribution in [3.05, 3.63) is 30.1 Å². The van der Waals surface area contributed by atoms with Crippen LogP contribution in [0.3, 0.4) is 0 Å². The van der Waals surface area contributed by atoms with Gasteiger partial charge in [-0.15, -0.1) is 0 Å². The topological polar surface area (TPSA) is 54.0 Å². The van der Waals surface area contributed by atoms with E-state index in [0.29, 0.717) is 0 Å². The normalized spacial score (nSPS) is 12.2. The smallest absolute Gasteiger partial charge is 0.315 e. The van der Waals surface area contributed by atoms with Crippen molar-refractivity contribution in [1.29, 1.82) is 0 Å². The van der Waals surface area contributed by atoms with Gasteiger partial charge in [0.15, 0.2) is 0 Å². The van der Waals surface area contributed by atoms with Gasteiger partial charge in [-0.05, 0) is 31.9 Å². The summed E-state index contributed by atoms with van der Waals surface area (Å²) in [6, 6.07) is 5.72. The van der Waals surface area contributed by atoms with Crippen molar-refractivity contribution in [2.24, 2.45) is 0 Å². The Morgan fingerprint density at radius 3 is 2.53 bits per heavy atom. The summed E-state index contributed by atoms with van der Waals surface area (Å²) in [4.78, 5) is 15.9. The quantitative estimate of drug-likeness (QED) is 0.824. The second-order valence-electron chi connectivity index (χ2n) is 4.11. The molecule has 17 heavy (non-hydrogen) atoms. The summed E-state index contributed by atoms with van der Waals surface area (Å²) in [5.41, 5.74) is 0.868. The van der Waals surface area contributed by atoms with Crippen LogP contribution in [0.1, 0.15) is 45.3 Å². The molecule has 0 radical (unpaired) electrons. The molecule has 2 N–H and O–H groups in total. The van der Waals surface area contributed by atoms with Crippen LogP contribution in [0, 0.1) is 0 Å². The lowest BCUT2D eigenvalue weighted by molar-refractivity contribution is 0.233. The van der Waals surface area contributed by atoms with Crippen LogP contribution in [-0.2, 0) is 0 Å². The van der Waals surface area contributed by atoms with Gasteiger partial charge in [-0.2, -0.15) is 0 Å². The van der Waals surface area contributed by atoms with Gasteiger partial charge in [0.05, 0.1) is 11.7 Å². The number of nitrogens with zero attached hydrogens (tertiary/aromatic N) is 1. The zero-order valence-corrected chi connectivity index (χ0v) is 10.7. The third kappa shape index (κ3) is 4.43. The Balaban J connectivity index is 2.46. The first-order valence-corrected chi connectivity index (χ1v) is 6.15. The summed E-state index contributed by atoms with van der Waals surface area (Å²) in [6.45, 7) is 6.06. The maximum Gasteiger partial charge on any atom is 0.315 e. The fourth-order valence-electron chi connectivity index (χ4n) is 1.62.